The van der Waals surface area contributed by atoms with Crippen LogP contribution in [0.5, 0.6) is 0 Å². The van der Waals surface area contributed by atoms with Gasteiger partial charge in [-0.1, -0.05) is 19.8 Å². The lowest BCUT2D eigenvalue weighted by molar-refractivity contribution is -0.139. The highest BCUT2D eigenvalue weighted by Gasteiger charge is 2.25. The molecule has 0 aromatic carbocycles. The van der Waals surface area contributed by atoms with Crippen molar-refractivity contribution in [3.8, 4) is 0 Å². The SMILES string of the molecule is CC1CCCC(N[C@@H](Cc2cnc[nH]2)C(=O)O)C1. The van der Waals surface area contributed by atoms with Gasteiger partial charge in [0.05, 0.1) is 6.33 Å². The van der Waals surface area contributed by atoms with Crippen LogP contribution in [0.15, 0.2) is 12.5 Å². The first-order valence-corrected chi connectivity index (χ1v) is 6.61. The molecule has 0 aliphatic heterocycles. The maximum atomic E-state index is 11.3. The number of imidazole rings is 1. The second kappa shape index (κ2) is 6.00. The van der Waals surface area contributed by atoms with Crippen molar-refractivity contribution >= 4 is 5.97 Å². The Labute approximate surface area is 107 Å². The minimum absolute atomic E-state index is 0.331. The predicted molar refractivity (Wildman–Crippen MR) is 68.3 cm³/mol. The molecule has 3 atom stereocenters. The van der Waals surface area contributed by atoms with Crippen LogP contribution >= 0.6 is 0 Å². The lowest BCUT2D eigenvalue weighted by Crippen LogP contribution is -2.46. The molecule has 2 unspecified atom stereocenters. The number of aliphatic carboxylic acids is 1. The van der Waals surface area contributed by atoms with Gasteiger partial charge in [0.15, 0.2) is 0 Å². The van der Waals surface area contributed by atoms with Crippen LogP contribution in [0.4, 0.5) is 0 Å². The van der Waals surface area contributed by atoms with Crippen molar-refractivity contribution in [1.82, 2.24) is 15.3 Å². The van der Waals surface area contributed by atoms with E-state index in [1.807, 2.05) is 0 Å². The van der Waals surface area contributed by atoms with Gasteiger partial charge in [-0.2, -0.15) is 0 Å². The third kappa shape index (κ3) is 3.57. The van der Waals surface area contributed by atoms with E-state index in [9.17, 15) is 9.90 Å². The summed E-state index contributed by atoms with van der Waals surface area (Å²) < 4.78 is 0. The van der Waals surface area contributed by atoms with Crippen LogP contribution in [-0.2, 0) is 11.2 Å². The van der Waals surface area contributed by atoms with Gasteiger partial charge >= 0.3 is 5.97 Å². The van der Waals surface area contributed by atoms with Crippen LogP contribution in [0.25, 0.3) is 0 Å². The molecule has 5 nitrogen and oxygen atoms in total. The first-order valence-electron chi connectivity index (χ1n) is 6.61. The Bertz CT molecular complexity index is 378. The zero-order valence-corrected chi connectivity index (χ0v) is 10.7. The number of carboxylic acid groups (broad SMARTS) is 1. The second-order valence-electron chi connectivity index (χ2n) is 5.31. The van der Waals surface area contributed by atoms with E-state index in [1.54, 1.807) is 12.5 Å². The highest BCUT2D eigenvalue weighted by molar-refractivity contribution is 5.73. The van der Waals surface area contributed by atoms with E-state index >= 15 is 0 Å². The van der Waals surface area contributed by atoms with Gasteiger partial charge < -0.3 is 15.4 Å². The molecule has 5 heteroatoms. The summed E-state index contributed by atoms with van der Waals surface area (Å²) in [4.78, 5) is 18.2. The van der Waals surface area contributed by atoms with E-state index in [-0.39, 0.29) is 0 Å². The minimum Gasteiger partial charge on any atom is -0.480 e. The summed E-state index contributed by atoms with van der Waals surface area (Å²) in [6.07, 6.45) is 8.33. The van der Waals surface area contributed by atoms with Gasteiger partial charge in [0.1, 0.15) is 6.04 Å². The van der Waals surface area contributed by atoms with Gasteiger partial charge in [-0.25, -0.2) is 4.98 Å². The molecule has 18 heavy (non-hydrogen) atoms. The van der Waals surface area contributed by atoms with Gasteiger partial charge in [-0.3, -0.25) is 4.79 Å². The summed E-state index contributed by atoms with van der Waals surface area (Å²) in [5.41, 5.74) is 0.860. The number of H-pyrrole nitrogens is 1. The molecule has 2 rings (SSSR count). The van der Waals surface area contributed by atoms with Crippen molar-refractivity contribution in [3.63, 3.8) is 0 Å². The molecule has 3 N–H and O–H groups in total. The number of hydrogen-bond donors (Lipinski definition) is 3. The first kappa shape index (κ1) is 13.1. The molecule has 1 aliphatic carbocycles. The van der Waals surface area contributed by atoms with Crippen LogP contribution in [0.2, 0.25) is 0 Å². The fourth-order valence-corrected chi connectivity index (χ4v) is 2.70. The largest absolute Gasteiger partial charge is 0.480 e. The van der Waals surface area contributed by atoms with Crippen molar-refractivity contribution in [2.24, 2.45) is 5.92 Å². The van der Waals surface area contributed by atoms with Gasteiger partial charge in [-0.15, -0.1) is 0 Å². The molecule has 1 saturated carbocycles. The Morgan fingerprint density at radius 3 is 3.11 bits per heavy atom. The Morgan fingerprint density at radius 2 is 2.50 bits per heavy atom. The molecule has 1 aliphatic rings. The summed E-state index contributed by atoms with van der Waals surface area (Å²) in [5.74, 6) is -0.0966. The number of nitrogens with one attached hydrogen (secondary N) is 2. The van der Waals surface area contributed by atoms with Crippen LogP contribution in [0.3, 0.4) is 0 Å². The van der Waals surface area contributed by atoms with Gasteiger partial charge in [-0.05, 0) is 18.8 Å². The van der Waals surface area contributed by atoms with E-state index in [1.165, 1.54) is 12.8 Å². The summed E-state index contributed by atoms with van der Waals surface area (Å²) in [6, 6.07) is -0.196. The number of carbonyl (C=O) groups is 1. The molecule has 1 fully saturated rings. The number of aromatic amines is 1. The molecular weight excluding hydrogens is 230 g/mol. The molecule has 1 aromatic rings. The summed E-state index contributed by atoms with van der Waals surface area (Å²) in [5, 5.41) is 12.5. The van der Waals surface area contributed by atoms with Crippen LogP contribution < -0.4 is 5.32 Å². The Hall–Kier alpha value is -1.36. The predicted octanol–water partition coefficient (Wildman–Crippen LogP) is 1.57. The van der Waals surface area contributed by atoms with E-state index in [0.717, 1.165) is 18.5 Å². The molecule has 100 valence electrons. The van der Waals surface area contributed by atoms with E-state index < -0.39 is 12.0 Å². The minimum atomic E-state index is -0.789. The van der Waals surface area contributed by atoms with Crippen LogP contribution in [-0.4, -0.2) is 33.1 Å². The number of aromatic nitrogens is 2. The molecule has 0 bridgehead atoms. The number of carboxylic acids is 1. The molecule has 0 spiro atoms. The summed E-state index contributed by atoms with van der Waals surface area (Å²) >= 11 is 0. The lowest BCUT2D eigenvalue weighted by Gasteiger charge is -2.30. The molecule has 0 radical (unpaired) electrons. The van der Waals surface area contributed by atoms with Crippen LogP contribution in [0, 0.1) is 5.92 Å². The van der Waals surface area contributed by atoms with Crippen molar-refractivity contribution in [3.05, 3.63) is 18.2 Å². The van der Waals surface area contributed by atoms with Crippen molar-refractivity contribution in [2.75, 3.05) is 0 Å². The van der Waals surface area contributed by atoms with Gasteiger partial charge in [0.2, 0.25) is 0 Å². The number of rotatable bonds is 5. The zero-order chi connectivity index (χ0) is 13.0. The lowest BCUT2D eigenvalue weighted by atomic mass is 9.86. The van der Waals surface area contributed by atoms with Crippen molar-refractivity contribution in [2.45, 2.75) is 51.1 Å². The smallest absolute Gasteiger partial charge is 0.321 e. The molecular formula is C13H21N3O2. The van der Waals surface area contributed by atoms with E-state index in [2.05, 4.69) is 22.2 Å². The molecule has 1 aromatic heterocycles. The van der Waals surface area contributed by atoms with Crippen molar-refractivity contribution < 1.29 is 9.90 Å². The maximum Gasteiger partial charge on any atom is 0.321 e. The van der Waals surface area contributed by atoms with Gasteiger partial charge in [0.25, 0.3) is 0 Å². The normalized spacial score (nSPS) is 25.8. The third-order valence-corrected chi connectivity index (χ3v) is 3.65. The van der Waals surface area contributed by atoms with Crippen molar-refractivity contribution in [1.29, 1.82) is 0 Å². The third-order valence-electron chi connectivity index (χ3n) is 3.65. The molecule has 0 saturated heterocycles. The monoisotopic (exact) mass is 251 g/mol. The molecule has 0 amide bonds. The highest BCUT2D eigenvalue weighted by Crippen LogP contribution is 2.24. The van der Waals surface area contributed by atoms with E-state index in [4.69, 9.17) is 0 Å². The average molecular weight is 251 g/mol. The Balaban J connectivity index is 1.91. The molecule has 1 heterocycles. The van der Waals surface area contributed by atoms with Crippen LogP contribution in [0.1, 0.15) is 38.3 Å². The average Bonchev–Trinajstić information content (AvgIpc) is 2.81. The number of nitrogens with zero attached hydrogens (tertiary/aromatic N) is 1. The maximum absolute atomic E-state index is 11.3. The summed E-state index contributed by atoms with van der Waals surface area (Å²) in [6.45, 7) is 2.23. The quantitative estimate of drug-likeness (QED) is 0.742. The second-order valence-corrected chi connectivity index (χ2v) is 5.31. The summed E-state index contributed by atoms with van der Waals surface area (Å²) in [7, 11) is 0. The van der Waals surface area contributed by atoms with Gasteiger partial charge in [0, 0.05) is 24.4 Å². The van der Waals surface area contributed by atoms with E-state index in [0.29, 0.717) is 18.4 Å². The fraction of sp³-hybridized carbons (Fsp3) is 0.692. The number of hydrogen-bond acceptors (Lipinski definition) is 3. The Morgan fingerprint density at radius 1 is 1.67 bits per heavy atom. The zero-order valence-electron chi connectivity index (χ0n) is 10.7. The standard InChI is InChI=1S/C13H21N3O2/c1-9-3-2-4-10(5-9)16-12(13(17)18)6-11-7-14-8-15-11/h7-10,12,16H,2-6H2,1H3,(H,14,15)(H,17,18)/t9?,10?,12-/m0/s1. The first-order chi connectivity index (χ1) is 8.65. The Kier molecular flexibility index (Phi) is 4.36. The fourth-order valence-electron chi connectivity index (χ4n) is 2.70. The topological polar surface area (TPSA) is 78.0 Å². The highest BCUT2D eigenvalue weighted by atomic mass is 16.4.